The Morgan fingerprint density at radius 1 is 0.909 bits per heavy atom. The number of carbonyl (C=O) groups is 1. The Kier molecular flexibility index (Phi) is 5.03. The Morgan fingerprint density at radius 3 is 1.86 bits per heavy atom. The molecule has 0 unspecified atom stereocenters. The third-order valence-corrected chi connectivity index (χ3v) is 4.02. The van der Waals surface area contributed by atoms with Gasteiger partial charge in [0.25, 0.3) is 0 Å². The van der Waals surface area contributed by atoms with Gasteiger partial charge in [0.1, 0.15) is 0 Å². The number of amides is 1. The summed E-state index contributed by atoms with van der Waals surface area (Å²) in [6.07, 6.45) is 2.45. The first kappa shape index (κ1) is 16.7. The lowest BCUT2D eigenvalue weighted by molar-refractivity contribution is -0.121. The number of nitrogens with one attached hydrogen (secondary N) is 1. The molecule has 1 fully saturated rings. The Hall–Kier alpha value is -1.66. The second-order valence-corrected chi connectivity index (χ2v) is 5.75. The van der Waals surface area contributed by atoms with E-state index < -0.39 is 47.0 Å². The Labute approximate surface area is 124 Å². The summed E-state index contributed by atoms with van der Waals surface area (Å²) in [5, 5.41) is 2.58. The van der Waals surface area contributed by atoms with Gasteiger partial charge in [-0.3, -0.25) is 4.79 Å². The van der Waals surface area contributed by atoms with Gasteiger partial charge < -0.3 is 5.32 Å². The van der Waals surface area contributed by atoms with Crippen LogP contribution in [0.2, 0.25) is 0 Å². The second-order valence-electron chi connectivity index (χ2n) is 5.75. The van der Waals surface area contributed by atoms with Gasteiger partial charge in [0.15, 0.2) is 23.3 Å². The van der Waals surface area contributed by atoms with Gasteiger partial charge in [0, 0.05) is 11.6 Å². The van der Waals surface area contributed by atoms with Crippen LogP contribution in [0.15, 0.2) is 0 Å². The van der Waals surface area contributed by atoms with E-state index in [9.17, 15) is 26.7 Å². The van der Waals surface area contributed by atoms with Crippen molar-refractivity contribution in [1.82, 2.24) is 5.32 Å². The van der Waals surface area contributed by atoms with Crippen LogP contribution in [0.3, 0.4) is 0 Å². The van der Waals surface area contributed by atoms with Crippen LogP contribution in [0.4, 0.5) is 22.0 Å². The molecule has 1 N–H and O–H groups in total. The van der Waals surface area contributed by atoms with Gasteiger partial charge in [-0.1, -0.05) is 6.92 Å². The molecule has 1 aromatic rings. The maximum absolute atomic E-state index is 13.5. The summed E-state index contributed by atoms with van der Waals surface area (Å²) in [5.74, 6) is -10.4. The molecule has 0 bridgehead atoms. The highest BCUT2D eigenvalue weighted by molar-refractivity contribution is 5.79. The van der Waals surface area contributed by atoms with Crippen molar-refractivity contribution in [2.24, 2.45) is 5.92 Å². The van der Waals surface area contributed by atoms with E-state index in [4.69, 9.17) is 0 Å². The van der Waals surface area contributed by atoms with Crippen LogP contribution in [0, 0.1) is 35.0 Å². The topological polar surface area (TPSA) is 29.1 Å². The third-order valence-electron chi connectivity index (χ3n) is 4.02. The zero-order chi connectivity index (χ0) is 16.4. The SMILES string of the molecule is CC1CCC(NC(=O)Cc2c(F)c(F)c(F)c(F)c2F)CC1. The fraction of sp³-hybridized carbons (Fsp3) is 0.533. The van der Waals surface area contributed by atoms with E-state index in [1.165, 1.54) is 0 Å². The molecule has 2 rings (SSSR count). The molecule has 1 aliphatic rings. The first-order valence-corrected chi connectivity index (χ1v) is 7.11. The molecular weight excluding hydrogens is 305 g/mol. The van der Waals surface area contributed by atoms with Crippen molar-refractivity contribution >= 4 is 5.91 Å². The summed E-state index contributed by atoms with van der Waals surface area (Å²) in [4.78, 5) is 11.8. The van der Waals surface area contributed by atoms with Crippen LogP contribution in [-0.4, -0.2) is 11.9 Å². The molecular formula is C15H16F5NO. The molecule has 7 heteroatoms. The maximum atomic E-state index is 13.5. The lowest BCUT2D eigenvalue weighted by Gasteiger charge is -2.27. The highest BCUT2D eigenvalue weighted by Gasteiger charge is 2.27. The molecule has 0 heterocycles. The van der Waals surface area contributed by atoms with Crippen LogP contribution < -0.4 is 5.32 Å². The summed E-state index contributed by atoms with van der Waals surface area (Å²) < 4.78 is 66.0. The van der Waals surface area contributed by atoms with Crippen molar-refractivity contribution in [2.75, 3.05) is 0 Å². The van der Waals surface area contributed by atoms with Crippen molar-refractivity contribution in [1.29, 1.82) is 0 Å². The average Bonchev–Trinajstić information content (AvgIpc) is 2.50. The molecule has 1 saturated carbocycles. The lowest BCUT2D eigenvalue weighted by atomic mass is 9.87. The molecule has 0 saturated heterocycles. The predicted molar refractivity (Wildman–Crippen MR) is 69.5 cm³/mol. The van der Waals surface area contributed by atoms with Gasteiger partial charge in [-0.15, -0.1) is 0 Å². The van der Waals surface area contributed by atoms with Crippen molar-refractivity contribution in [2.45, 2.75) is 45.1 Å². The molecule has 1 aromatic carbocycles. The van der Waals surface area contributed by atoms with Gasteiger partial charge in [0.05, 0.1) is 6.42 Å². The quantitative estimate of drug-likeness (QED) is 0.514. The van der Waals surface area contributed by atoms with Gasteiger partial charge in [-0.25, -0.2) is 22.0 Å². The molecule has 0 spiro atoms. The summed E-state index contributed by atoms with van der Waals surface area (Å²) >= 11 is 0. The monoisotopic (exact) mass is 321 g/mol. The van der Waals surface area contributed by atoms with Crippen LogP contribution in [-0.2, 0) is 11.2 Å². The highest BCUT2D eigenvalue weighted by atomic mass is 19.2. The minimum atomic E-state index is -2.22. The summed E-state index contributed by atoms with van der Waals surface area (Å²) in [5.41, 5.74) is -1.10. The third kappa shape index (κ3) is 3.39. The molecule has 0 radical (unpaired) electrons. The van der Waals surface area contributed by atoms with Gasteiger partial charge >= 0.3 is 0 Å². The lowest BCUT2D eigenvalue weighted by Crippen LogP contribution is -2.38. The van der Waals surface area contributed by atoms with Gasteiger partial charge in [-0.05, 0) is 31.6 Å². The van der Waals surface area contributed by atoms with E-state index in [0.717, 1.165) is 25.7 Å². The molecule has 0 atom stereocenters. The first-order valence-electron chi connectivity index (χ1n) is 7.11. The zero-order valence-electron chi connectivity index (χ0n) is 12.0. The molecule has 1 amide bonds. The summed E-state index contributed by atoms with van der Waals surface area (Å²) in [6, 6.07) is -0.120. The van der Waals surface area contributed by atoms with E-state index in [0.29, 0.717) is 5.92 Å². The molecule has 0 aromatic heterocycles. The highest BCUT2D eigenvalue weighted by Crippen LogP contribution is 2.25. The number of hydrogen-bond donors (Lipinski definition) is 1. The Morgan fingerprint density at radius 2 is 1.36 bits per heavy atom. The Balaban J connectivity index is 2.09. The van der Waals surface area contributed by atoms with E-state index >= 15 is 0 Å². The number of rotatable bonds is 3. The largest absolute Gasteiger partial charge is 0.353 e. The maximum Gasteiger partial charge on any atom is 0.224 e. The van der Waals surface area contributed by atoms with Crippen LogP contribution in [0.25, 0.3) is 0 Å². The normalized spacial score (nSPS) is 21.7. The van der Waals surface area contributed by atoms with E-state index in [2.05, 4.69) is 12.2 Å². The molecule has 122 valence electrons. The second kappa shape index (κ2) is 6.62. The zero-order valence-corrected chi connectivity index (χ0v) is 12.0. The van der Waals surface area contributed by atoms with Crippen LogP contribution in [0.1, 0.15) is 38.2 Å². The van der Waals surface area contributed by atoms with Gasteiger partial charge in [0.2, 0.25) is 11.7 Å². The fourth-order valence-corrected chi connectivity index (χ4v) is 2.65. The van der Waals surface area contributed by atoms with E-state index in [1.807, 2.05) is 0 Å². The molecule has 0 aliphatic heterocycles. The molecule has 2 nitrogen and oxygen atoms in total. The summed E-state index contributed by atoms with van der Waals surface area (Å²) in [6.45, 7) is 2.09. The minimum absolute atomic E-state index is 0.120. The van der Waals surface area contributed by atoms with E-state index in [1.54, 1.807) is 0 Å². The number of carbonyl (C=O) groups excluding carboxylic acids is 1. The van der Waals surface area contributed by atoms with Crippen molar-refractivity contribution in [3.05, 3.63) is 34.6 Å². The first-order chi connectivity index (χ1) is 10.3. The number of benzene rings is 1. The molecule has 1 aliphatic carbocycles. The van der Waals surface area contributed by atoms with Crippen molar-refractivity contribution in [3.8, 4) is 0 Å². The van der Waals surface area contributed by atoms with Crippen LogP contribution in [0.5, 0.6) is 0 Å². The van der Waals surface area contributed by atoms with Crippen LogP contribution >= 0.6 is 0 Å². The van der Waals surface area contributed by atoms with Crippen molar-refractivity contribution in [3.63, 3.8) is 0 Å². The average molecular weight is 321 g/mol. The smallest absolute Gasteiger partial charge is 0.224 e. The Bertz CT molecular complexity index is 553. The van der Waals surface area contributed by atoms with Crippen molar-refractivity contribution < 1.29 is 26.7 Å². The van der Waals surface area contributed by atoms with Gasteiger partial charge in [-0.2, -0.15) is 0 Å². The fourth-order valence-electron chi connectivity index (χ4n) is 2.65. The number of halogens is 5. The number of hydrogen-bond acceptors (Lipinski definition) is 1. The standard InChI is InChI=1S/C15H16F5NO/c1-7-2-4-8(5-3-7)21-10(22)6-9-11(16)13(18)15(20)14(19)12(9)17/h7-8H,2-6H2,1H3,(H,21,22). The summed E-state index contributed by atoms with van der Waals surface area (Å²) in [7, 11) is 0. The predicted octanol–water partition coefficient (Wildman–Crippen LogP) is 3.62. The molecule has 22 heavy (non-hydrogen) atoms. The van der Waals surface area contributed by atoms with E-state index in [-0.39, 0.29) is 6.04 Å². The minimum Gasteiger partial charge on any atom is -0.353 e.